The molecule has 2 heterocycles. The van der Waals surface area contributed by atoms with Crippen molar-refractivity contribution in [2.45, 2.75) is 12.5 Å². The number of sulfonamides is 1. The Labute approximate surface area is 173 Å². The summed E-state index contributed by atoms with van der Waals surface area (Å²) in [5.41, 5.74) is 0.824. The lowest BCUT2D eigenvalue weighted by molar-refractivity contribution is 0.152. The van der Waals surface area contributed by atoms with E-state index in [2.05, 4.69) is 4.90 Å². The number of rotatable bonds is 6. The number of urea groups is 1. The topological polar surface area (TPSA) is 64.2 Å². The first-order valence-corrected chi connectivity index (χ1v) is 11.6. The number of fused-ring (bicyclic) bond motifs is 1. The molecular weight excluding hydrogens is 395 g/mol. The average Bonchev–Trinajstić information content (AvgIpc) is 3.17. The molecular formula is C20H31FN4O3S. The fourth-order valence-electron chi connectivity index (χ4n) is 4.54. The number of benzene rings is 1. The number of amides is 2. The van der Waals surface area contributed by atoms with E-state index in [-0.39, 0.29) is 29.6 Å². The van der Waals surface area contributed by atoms with Crippen molar-refractivity contribution in [2.24, 2.45) is 11.8 Å². The number of carbonyl (C=O) groups is 1. The second-order valence-corrected chi connectivity index (χ2v) is 10.8. The Kier molecular flexibility index (Phi) is 6.50. The van der Waals surface area contributed by atoms with Gasteiger partial charge in [-0.25, -0.2) is 21.9 Å². The zero-order chi connectivity index (χ0) is 21.3. The number of hydrogen-bond donors (Lipinski definition) is 0. The van der Waals surface area contributed by atoms with Crippen LogP contribution in [0.1, 0.15) is 18.0 Å². The molecule has 0 bridgehead atoms. The predicted octanol–water partition coefficient (Wildman–Crippen LogP) is 1.69. The molecule has 7 nitrogen and oxygen atoms in total. The third-order valence-corrected chi connectivity index (χ3v) is 7.91. The summed E-state index contributed by atoms with van der Waals surface area (Å²) >= 11 is 0. The lowest BCUT2D eigenvalue weighted by Gasteiger charge is -2.32. The van der Waals surface area contributed by atoms with E-state index in [1.165, 1.54) is 16.4 Å². The maximum atomic E-state index is 13.9. The Hall–Kier alpha value is -1.71. The summed E-state index contributed by atoms with van der Waals surface area (Å²) in [6.45, 7) is 2.95. The fraction of sp³-hybridized carbons (Fsp3) is 0.650. The Morgan fingerprint density at radius 2 is 1.90 bits per heavy atom. The van der Waals surface area contributed by atoms with Crippen molar-refractivity contribution in [1.29, 1.82) is 0 Å². The molecule has 9 heteroatoms. The van der Waals surface area contributed by atoms with Crippen LogP contribution in [0.2, 0.25) is 0 Å². The van der Waals surface area contributed by atoms with E-state index in [0.29, 0.717) is 25.4 Å². The third-order valence-electron chi connectivity index (χ3n) is 5.99. The minimum absolute atomic E-state index is 0.0581. The van der Waals surface area contributed by atoms with Crippen molar-refractivity contribution in [1.82, 2.24) is 19.0 Å². The van der Waals surface area contributed by atoms with E-state index in [1.807, 2.05) is 11.0 Å². The van der Waals surface area contributed by atoms with Crippen LogP contribution in [0.3, 0.4) is 0 Å². The van der Waals surface area contributed by atoms with Crippen molar-refractivity contribution in [3.8, 4) is 0 Å². The molecule has 3 atom stereocenters. The molecule has 2 fully saturated rings. The highest BCUT2D eigenvalue weighted by atomic mass is 32.2. The van der Waals surface area contributed by atoms with Crippen molar-refractivity contribution in [3.05, 3.63) is 35.6 Å². The van der Waals surface area contributed by atoms with Gasteiger partial charge in [0.1, 0.15) is 5.82 Å². The summed E-state index contributed by atoms with van der Waals surface area (Å²) in [5.74, 6) is 0.348. The Bertz CT molecular complexity index is 846. The van der Waals surface area contributed by atoms with Crippen LogP contribution in [0, 0.1) is 17.7 Å². The van der Waals surface area contributed by atoms with E-state index in [1.54, 1.807) is 39.2 Å². The Morgan fingerprint density at radius 3 is 2.52 bits per heavy atom. The standard InChI is InChI=1S/C20H31FN4O3S/c1-22(2)20(26)25-13-16-12-24(9-6-10-29(27,28)23(3)4)14-18(16)19(25)15-7-5-8-17(21)11-15/h5,7-8,11,16,18-19H,6,9-10,12-14H2,1-4H3/t16-,18-,19+/m1/s1. The molecule has 162 valence electrons. The number of hydrogen-bond acceptors (Lipinski definition) is 4. The summed E-state index contributed by atoms with van der Waals surface area (Å²) in [4.78, 5) is 18.5. The summed E-state index contributed by atoms with van der Waals surface area (Å²) in [5, 5.41) is 0. The molecule has 0 radical (unpaired) electrons. The van der Waals surface area contributed by atoms with Crippen LogP contribution in [-0.4, -0.2) is 93.6 Å². The van der Waals surface area contributed by atoms with Gasteiger partial charge >= 0.3 is 6.03 Å². The molecule has 1 aromatic rings. The lowest BCUT2D eigenvalue weighted by atomic mass is 9.89. The van der Waals surface area contributed by atoms with E-state index in [0.717, 1.165) is 18.7 Å². The molecule has 2 aliphatic heterocycles. The largest absolute Gasteiger partial charge is 0.331 e. The van der Waals surface area contributed by atoms with Gasteiger partial charge in [0.2, 0.25) is 10.0 Å². The van der Waals surface area contributed by atoms with Gasteiger partial charge in [-0.3, -0.25) is 0 Å². The van der Waals surface area contributed by atoms with Crippen molar-refractivity contribution < 1.29 is 17.6 Å². The van der Waals surface area contributed by atoms with E-state index in [9.17, 15) is 17.6 Å². The summed E-state index contributed by atoms with van der Waals surface area (Å²) in [6.07, 6.45) is 0.574. The average molecular weight is 427 g/mol. The van der Waals surface area contributed by atoms with Gasteiger partial charge in [-0.1, -0.05) is 12.1 Å². The van der Waals surface area contributed by atoms with Gasteiger partial charge in [0.15, 0.2) is 0 Å². The Morgan fingerprint density at radius 1 is 1.17 bits per heavy atom. The number of likely N-dealkylation sites (tertiary alicyclic amines) is 2. The number of nitrogens with zero attached hydrogens (tertiary/aromatic N) is 4. The normalized spacial score (nSPS) is 24.9. The first kappa shape index (κ1) is 22.0. The minimum Gasteiger partial charge on any atom is -0.331 e. The van der Waals surface area contributed by atoms with Crippen LogP contribution < -0.4 is 0 Å². The fourth-order valence-corrected chi connectivity index (χ4v) is 5.40. The Balaban J connectivity index is 1.72. The van der Waals surface area contributed by atoms with Crippen LogP contribution in [-0.2, 0) is 10.0 Å². The molecule has 2 aliphatic rings. The molecule has 0 unspecified atom stereocenters. The highest BCUT2D eigenvalue weighted by Crippen LogP contribution is 2.45. The highest BCUT2D eigenvalue weighted by Gasteiger charge is 2.49. The van der Waals surface area contributed by atoms with Gasteiger partial charge in [0.05, 0.1) is 11.8 Å². The summed E-state index contributed by atoms with van der Waals surface area (Å²) in [6, 6.07) is 6.29. The monoisotopic (exact) mass is 426 g/mol. The lowest BCUT2D eigenvalue weighted by Crippen LogP contribution is -2.41. The predicted molar refractivity (Wildman–Crippen MR) is 110 cm³/mol. The number of carbonyl (C=O) groups excluding carboxylic acids is 1. The van der Waals surface area contributed by atoms with Crippen LogP contribution in [0.5, 0.6) is 0 Å². The van der Waals surface area contributed by atoms with E-state index in [4.69, 9.17) is 0 Å². The third kappa shape index (κ3) is 4.73. The molecule has 3 rings (SSSR count). The van der Waals surface area contributed by atoms with Gasteiger partial charge in [-0.15, -0.1) is 0 Å². The van der Waals surface area contributed by atoms with Crippen LogP contribution in [0.4, 0.5) is 9.18 Å². The van der Waals surface area contributed by atoms with Crippen LogP contribution >= 0.6 is 0 Å². The van der Waals surface area contributed by atoms with E-state index >= 15 is 0 Å². The second-order valence-electron chi connectivity index (χ2n) is 8.46. The van der Waals surface area contributed by atoms with Crippen LogP contribution in [0.15, 0.2) is 24.3 Å². The maximum absolute atomic E-state index is 13.9. The van der Waals surface area contributed by atoms with Crippen LogP contribution in [0.25, 0.3) is 0 Å². The first-order valence-electron chi connectivity index (χ1n) is 9.96. The highest BCUT2D eigenvalue weighted by molar-refractivity contribution is 7.89. The zero-order valence-electron chi connectivity index (χ0n) is 17.6. The van der Waals surface area contributed by atoms with Crippen molar-refractivity contribution >= 4 is 16.1 Å². The summed E-state index contributed by atoms with van der Waals surface area (Å²) < 4.78 is 39.1. The van der Waals surface area contributed by atoms with Gasteiger partial charge in [0, 0.05) is 53.7 Å². The minimum atomic E-state index is -3.19. The van der Waals surface area contributed by atoms with E-state index < -0.39 is 10.0 Å². The van der Waals surface area contributed by atoms with Gasteiger partial charge in [-0.2, -0.15) is 0 Å². The van der Waals surface area contributed by atoms with Gasteiger partial charge < -0.3 is 14.7 Å². The molecule has 0 aromatic heterocycles. The van der Waals surface area contributed by atoms with Crippen molar-refractivity contribution in [2.75, 3.05) is 60.1 Å². The zero-order valence-corrected chi connectivity index (χ0v) is 18.4. The molecule has 0 saturated carbocycles. The molecule has 2 amide bonds. The van der Waals surface area contributed by atoms with Crippen molar-refractivity contribution in [3.63, 3.8) is 0 Å². The second kappa shape index (κ2) is 8.57. The molecule has 0 spiro atoms. The summed E-state index contributed by atoms with van der Waals surface area (Å²) in [7, 11) is 3.38. The van der Waals surface area contributed by atoms with Gasteiger partial charge in [0.25, 0.3) is 0 Å². The SMILES string of the molecule is CN(C)C(=O)N1C[C@H]2CN(CCCS(=O)(=O)N(C)C)C[C@H]2[C@@H]1c1cccc(F)c1. The quantitative estimate of drug-likeness (QED) is 0.695. The number of halogens is 1. The molecule has 29 heavy (non-hydrogen) atoms. The molecule has 0 aliphatic carbocycles. The smallest absolute Gasteiger partial charge is 0.320 e. The van der Waals surface area contributed by atoms with Gasteiger partial charge in [-0.05, 0) is 36.6 Å². The molecule has 2 saturated heterocycles. The first-order chi connectivity index (χ1) is 13.6. The maximum Gasteiger partial charge on any atom is 0.320 e. The molecule has 0 N–H and O–H groups in total. The molecule has 1 aromatic carbocycles.